The molecule has 0 heterocycles. The highest BCUT2D eigenvalue weighted by Gasteiger charge is 2.08. The minimum Gasteiger partial charge on any atom is -0.0680 e. The summed E-state index contributed by atoms with van der Waals surface area (Å²) in [6.45, 7) is 7.08. The summed E-state index contributed by atoms with van der Waals surface area (Å²) in [6, 6.07) is 10.5. The molecule has 0 aliphatic heterocycles. The third-order valence-corrected chi connectivity index (χ3v) is 7.19. The summed E-state index contributed by atoms with van der Waals surface area (Å²) >= 11 is 0. The molecule has 1 unspecified atom stereocenters. The van der Waals surface area contributed by atoms with Gasteiger partial charge in [0.05, 0.1) is 8.80 Å². The van der Waals surface area contributed by atoms with Crippen molar-refractivity contribution in [1.29, 1.82) is 0 Å². The molecule has 0 aliphatic rings. The fourth-order valence-electron chi connectivity index (χ4n) is 2.88. The van der Waals surface area contributed by atoms with Gasteiger partial charge in [0.15, 0.2) is 0 Å². The molecule has 1 heteroatoms. The molecule has 0 spiro atoms. The fourth-order valence-corrected chi connectivity index (χ4v) is 5.40. The molecule has 108 valence electrons. The number of hydrogen-bond acceptors (Lipinski definition) is 0. The van der Waals surface area contributed by atoms with E-state index in [2.05, 4.69) is 44.7 Å². The maximum Gasteiger partial charge on any atom is 0.0681 e. The lowest BCUT2D eigenvalue weighted by Gasteiger charge is -2.13. The van der Waals surface area contributed by atoms with Crippen molar-refractivity contribution in [3.63, 3.8) is 0 Å². The molecule has 0 N–H and O–H groups in total. The van der Waals surface area contributed by atoms with Gasteiger partial charge < -0.3 is 0 Å². The zero-order valence-corrected chi connectivity index (χ0v) is 14.4. The van der Waals surface area contributed by atoms with Crippen molar-refractivity contribution in [2.45, 2.75) is 77.8 Å². The van der Waals surface area contributed by atoms with Gasteiger partial charge in [0.25, 0.3) is 0 Å². The van der Waals surface area contributed by atoms with Gasteiger partial charge in [-0.2, -0.15) is 0 Å². The molecule has 1 atom stereocenters. The maximum atomic E-state index is 2.52. The maximum absolute atomic E-state index is 2.52. The first-order valence-electron chi connectivity index (χ1n) is 8.31. The van der Waals surface area contributed by atoms with Crippen LogP contribution in [0.4, 0.5) is 0 Å². The average molecular weight is 277 g/mol. The molecule has 0 saturated heterocycles. The second kappa shape index (κ2) is 10.3. The SMILES string of the molecule is CCCCCCCCCC[SiH](C)c1ccccc1C. The van der Waals surface area contributed by atoms with Crippen LogP contribution in [0.15, 0.2) is 24.3 Å². The van der Waals surface area contributed by atoms with E-state index in [4.69, 9.17) is 0 Å². The van der Waals surface area contributed by atoms with Crippen molar-refractivity contribution in [1.82, 2.24) is 0 Å². The molecule has 0 aromatic heterocycles. The van der Waals surface area contributed by atoms with Crippen LogP contribution in [-0.2, 0) is 0 Å². The minimum atomic E-state index is -0.670. The summed E-state index contributed by atoms with van der Waals surface area (Å²) < 4.78 is 0. The number of benzene rings is 1. The van der Waals surface area contributed by atoms with E-state index in [0.717, 1.165) is 0 Å². The Kier molecular flexibility index (Phi) is 8.90. The summed E-state index contributed by atoms with van der Waals surface area (Å²) in [5.41, 5.74) is 1.52. The Labute approximate surface area is 122 Å². The predicted molar refractivity (Wildman–Crippen MR) is 91.2 cm³/mol. The van der Waals surface area contributed by atoms with E-state index >= 15 is 0 Å². The van der Waals surface area contributed by atoms with E-state index in [9.17, 15) is 0 Å². The Hall–Kier alpha value is -0.563. The Bertz CT molecular complexity index is 332. The van der Waals surface area contributed by atoms with Gasteiger partial charge >= 0.3 is 0 Å². The molecule has 1 rings (SSSR count). The molecule has 1 aromatic rings. The van der Waals surface area contributed by atoms with Crippen LogP contribution in [0.25, 0.3) is 0 Å². The summed E-state index contributed by atoms with van der Waals surface area (Å²) in [7, 11) is -0.670. The third-order valence-electron chi connectivity index (χ3n) is 4.21. The van der Waals surface area contributed by atoms with Crippen molar-refractivity contribution < 1.29 is 0 Å². The van der Waals surface area contributed by atoms with Gasteiger partial charge in [-0.1, -0.05) is 106 Å². The second-order valence-electron chi connectivity index (χ2n) is 6.02. The lowest BCUT2D eigenvalue weighted by Crippen LogP contribution is -2.28. The number of rotatable bonds is 10. The number of hydrogen-bond donors (Lipinski definition) is 0. The van der Waals surface area contributed by atoms with Crippen LogP contribution >= 0.6 is 0 Å². The topological polar surface area (TPSA) is 0 Å². The second-order valence-corrected chi connectivity index (χ2v) is 9.02. The lowest BCUT2D eigenvalue weighted by atomic mass is 10.1. The van der Waals surface area contributed by atoms with E-state index < -0.39 is 8.80 Å². The van der Waals surface area contributed by atoms with Crippen molar-refractivity contribution >= 4 is 14.0 Å². The van der Waals surface area contributed by atoms with E-state index in [1.54, 1.807) is 5.19 Å². The highest BCUT2D eigenvalue weighted by atomic mass is 28.3. The molecule has 0 amide bonds. The summed E-state index contributed by atoms with van der Waals surface area (Å²) in [5, 5.41) is 1.69. The van der Waals surface area contributed by atoms with Gasteiger partial charge in [-0.25, -0.2) is 0 Å². The van der Waals surface area contributed by atoms with Crippen LogP contribution in [0, 0.1) is 6.92 Å². The molecular weight excluding hydrogens is 244 g/mol. The Morgan fingerprint density at radius 3 is 2.05 bits per heavy atom. The van der Waals surface area contributed by atoms with E-state index in [0.29, 0.717) is 0 Å². The van der Waals surface area contributed by atoms with Gasteiger partial charge in [-0.05, 0) is 6.92 Å². The first kappa shape index (κ1) is 16.5. The zero-order chi connectivity index (χ0) is 13.9. The first-order chi connectivity index (χ1) is 9.25. The van der Waals surface area contributed by atoms with E-state index in [-0.39, 0.29) is 0 Å². The Balaban J connectivity index is 2.08. The van der Waals surface area contributed by atoms with Crippen molar-refractivity contribution in [2.24, 2.45) is 0 Å². The smallest absolute Gasteiger partial charge is 0.0680 e. The quantitative estimate of drug-likeness (QED) is 0.407. The van der Waals surface area contributed by atoms with Gasteiger partial charge in [-0.3, -0.25) is 0 Å². The zero-order valence-electron chi connectivity index (χ0n) is 13.3. The standard InChI is InChI=1S/C18H32Si/c1-4-5-6-7-8-9-10-13-16-19(3)18-15-12-11-14-17(18)2/h11-12,14-15,19H,4-10,13,16H2,1-3H3. The summed E-state index contributed by atoms with van der Waals surface area (Å²) in [5.74, 6) is 0. The van der Waals surface area contributed by atoms with Gasteiger partial charge in [-0.15, -0.1) is 0 Å². The van der Waals surface area contributed by atoms with Crippen LogP contribution in [0.1, 0.15) is 63.9 Å². The third kappa shape index (κ3) is 6.96. The van der Waals surface area contributed by atoms with Crippen LogP contribution in [0.3, 0.4) is 0 Å². The monoisotopic (exact) mass is 276 g/mol. The lowest BCUT2D eigenvalue weighted by molar-refractivity contribution is 0.584. The van der Waals surface area contributed by atoms with Gasteiger partial charge in [0.1, 0.15) is 0 Å². The van der Waals surface area contributed by atoms with Crippen LogP contribution < -0.4 is 5.19 Å². The minimum absolute atomic E-state index is 0.670. The number of aryl methyl sites for hydroxylation is 1. The van der Waals surface area contributed by atoms with Gasteiger partial charge in [0, 0.05) is 0 Å². The first-order valence-corrected chi connectivity index (χ1v) is 10.9. The van der Waals surface area contributed by atoms with Crippen molar-refractivity contribution in [2.75, 3.05) is 0 Å². The van der Waals surface area contributed by atoms with E-state index in [1.165, 1.54) is 63.0 Å². The highest BCUT2D eigenvalue weighted by Crippen LogP contribution is 2.11. The Morgan fingerprint density at radius 2 is 1.42 bits per heavy atom. The molecular formula is C18H32Si. The molecule has 1 aromatic carbocycles. The largest absolute Gasteiger partial charge is 0.0681 e. The molecule has 0 nitrogen and oxygen atoms in total. The summed E-state index contributed by atoms with van der Waals surface area (Å²) in [6.07, 6.45) is 11.5. The molecule has 0 saturated carbocycles. The fraction of sp³-hybridized carbons (Fsp3) is 0.667. The van der Waals surface area contributed by atoms with Crippen LogP contribution in [0.2, 0.25) is 12.6 Å². The predicted octanol–water partition coefficient (Wildman–Crippen LogP) is 5.20. The van der Waals surface area contributed by atoms with Crippen LogP contribution in [0.5, 0.6) is 0 Å². The molecule has 0 fully saturated rings. The molecule has 0 bridgehead atoms. The highest BCUT2D eigenvalue weighted by molar-refractivity contribution is 6.72. The average Bonchev–Trinajstić information content (AvgIpc) is 2.42. The summed E-state index contributed by atoms with van der Waals surface area (Å²) in [4.78, 5) is 0. The molecule has 0 aliphatic carbocycles. The Morgan fingerprint density at radius 1 is 0.842 bits per heavy atom. The van der Waals surface area contributed by atoms with Crippen molar-refractivity contribution in [3.8, 4) is 0 Å². The van der Waals surface area contributed by atoms with Crippen LogP contribution in [-0.4, -0.2) is 8.80 Å². The normalized spacial score (nSPS) is 12.6. The van der Waals surface area contributed by atoms with E-state index in [1.807, 2.05) is 0 Å². The molecule has 0 radical (unpaired) electrons. The van der Waals surface area contributed by atoms with Gasteiger partial charge in [0.2, 0.25) is 0 Å². The molecule has 19 heavy (non-hydrogen) atoms. The van der Waals surface area contributed by atoms with Crippen molar-refractivity contribution in [3.05, 3.63) is 29.8 Å². The number of unbranched alkanes of at least 4 members (excludes halogenated alkanes) is 7.